The first-order valence-corrected chi connectivity index (χ1v) is 10.2. The van der Waals surface area contributed by atoms with E-state index in [1.54, 1.807) is 6.20 Å². The van der Waals surface area contributed by atoms with Gasteiger partial charge in [0.25, 0.3) is 0 Å². The summed E-state index contributed by atoms with van der Waals surface area (Å²) >= 11 is 0. The Kier molecular flexibility index (Phi) is 5.41. The topological polar surface area (TPSA) is 63.1 Å². The molecule has 3 heterocycles. The number of carbonyl (C=O) groups is 1. The van der Waals surface area contributed by atoms with Crippen molar-refractivity contribution in [3.8, 4) is 11.4 Å². The van der Waals surface area contributed by atoms with Crippen LogP contribution in [-0.4, -0.2) is 44.6 Å². The Labute approximate surface area is 161 Å². The molecule has 1 aliphatic carbocycles. The van der Waals surface area contributed by atoms with Gasteiger partial charge in [-0.05, 0) is 44.7 Å². The lowest BCUT2D eigenvalue weighted by atomic mass is 9.95. The summed E-state index contributed by atoms with van der Waals surface area (Å²) in [4.78, 5) is 23.7. The maximum Gasteiger partial charge on any atom is 0.317 e. The number of aryl methyl sites for hydroxylation is 1. The number of carbonyl (C=O) groups excluding carboxylic acids is 1. The number of likely N-dealkylation sites (tertiary alicyclic amines) is 1. The Morgan fingerprint density at radius 3 is 2.78 bits per heavy atom. The Morgan fingerprint density at radius 2 is 2.00 bits per heavy atom. The third-order valence-electron chi connectivity index (χ3n) is 5.88. The fourth-order valence-electron chi connectivity index (χ4n) is 4.48. The van der Waals surface area contributed by atoms with Gasteiger partial charge < -0.3 is 14.8 Å². The number of nitrogens with one attached hydrogen (secondary N) is 1. The highest BCUT2D eigenvalue weighted by Gasteiger charge is 2.28. The number of imidazole rings is 1. The lowest BCUT2D eigenvalue weighted by Crippen LogP contribution is -2.49. The van der Waals surface area contributed by atoms with Crippen molar-refractivity contribution in [3.05, 3.63) is 36.4 Å². The van der Waals surface area contributed by atoms with Gasteiger partial charge in [-0.2, -0.15) is 0 Å². The fourth-order valence-corrected chi connectivity index (χ4v) is 4.48. The molecule has 1 N–H and O–H groups in total. The number of amides is 2. The number of rotatable bonds is 3. The van der Waals surface area contributed by atoms with Crippen molar-refractivity contribution in [2.24, 2.45) is 0 Å². The molecule has 6 nitrogen and oxygen atoms in total. The highest BCUT2D eigenvalue weighted by atomic mass is 16.2. The van der Waals surface area contributed by atoms with E-state index in [4.69, 9.17) is 0 Å². The van der Waals surface area contributed by atoms with E-state index in [1.807, 2.05) is 29.4 Å². The zero-order valence-corrected chi connectivity index (χ0v) is 16.1. The third-order valence-corrected chi connectivity index (χ3v) is 5.88. The van der Waals surface area contributed by atoms with Crippen molar-refractivity contribution < 1.29 is 4.79 Å². The largest absolute Gasteiger partial charge is 0.335 e. The molecule has 0 radical (unpaired) electrons. The molecular weight excluding hydrogens is 338 g/mol. The number of urea groups is 1. The summed E-state index contributed by atoms with van der Waals surface area (Å²) in [6.07, 6.45) is 13.6. The van der Waals surface area contributed by atoms with Crippen LogP contribution in [0.25, 0.3) is 11.4 Å². The molecule has 0 spiro atoms. The highest BCUT2D eigenvalue weighted by Crippen LogP contribution is 2.29. The Morgan fingerprint density at radius 1 is 1.15 bits per heavy atom. The van der Waals surface area contributed by atoms with E-state index in [0.29, 0.717) is 6.04 Å². The smallest absolute Gasteiger partial charge is 0.317 e. The Balaban J connectivity index is 1.49. The minimum atomic E-state index is 0.104. The summed E-state index contributed by atoms with van der Waals surface area (Å²) in [6.45, 7) is 3.67. The normalized spacial score (nSPS) is 21.2. The summed E-state index contributed by atoms with van der Waals surface area (Å²) in [7, 11) is 0. The second kappa shape index (κ2) is 8.11. The Bertz CT molecular complexity index is 766. The van der Waals surface area contributed by atoms with E-state index < -0.39 is 0 Å². The first kappa shape index (κ1) is 18.0. The fraction of sp³-hybridized carbons (Fsp3) is 0.571. The predicted octanol–water partition coefficient (Wildman–Crippen LogP) is 3.93. The molecule has 1 saturated carbocycles. The first-order valence-electron chi connectivity index (χ1n) is 10.2. The highest BCUT2D eigenvalue weighted by molar-refractivity contribution is 5.74. The van der Waals surface area contributed by atoms with Gasteiger partial charge in [-0.3, -0.25) is 4.98 Å². The quantitative estimate of drug-likeness (QED) is 0.894. The molecule has 27 heavy (non-hydrogen) atoms. The molecule has 1 saturated heterocycles. The lowest BCUT2D eigenvalue weighted by molar-refractivity contribution is 0.161. The summed E-state index contributed by atoms with van der Waals surface area (Å²) in [5.41, 5.74) is 2.16. The average Bonchev–Trinajstić information content (AvgIpc) is 3.11. The molecule has 0 bridgehead atoms. The van der Waals surface area contributed by atoms with Crippen LogP contribution in [0.15, 0.2) is 30.7 Å². The van der Waals surface area contributed by atoms with Crippen LogP contribution in [0.3, 0.4) is 0 Å². The monoisotopic (exact) mass is 367 g/mol. The van der Waals surface area contributed by atoms with Crippen LogP contribution in [0.2, 0.25) is 0 Å². The molecule has 0 aromatic carbocycles. The molecule has 2 aromatic heterocycles. The van der Waals surface area contributed by atoms with Crippen LogP contribution in [0.5, 0.6) is 0 Å². The Hall–Kier alpha value is -2.37. The number of piperidine rings is 1. The van der Waals surface area contributed by atoms with Crippen molar-refractivity contribution in [3.63, 3.8) is 0 Å². The van der Waals surface area contributed by atoms with Crippen LogP contribution in [0, 0.1) is 6.92 Å². The third kappa shape index (κ3) is 3.99. The maximum atomic E-state index is 12.8. The van der Waals surface area contributed by atoms with E-state index in [2.05, 4.69) is 26.8 Å². The van der Waals surface area contributed by atoms with Gasteiger partial charge in [0.1, 0.15) is 5.82 Å². The van der Waals surface area contributed by atoms with Gasteiger partial charge in [-0.25, -0.2) is 9.78 Å². The molecule has 2 aliphatic rings. The van der Waals surface area contributed by atoms with Crippen molar-refractivity contribution in [1.29, 1.82) is 0 Å². The SMILES string of the molecule is Cc1cnc(-c2cccnc2)n1C1CCCN(C(=O)NC2CCCCC2)C1. The number of hydrogen-bond donors (Lipinski definition) is 1. The van der Waals surface area contributed by atoms with Gasteiger partial charge in [0.2, 0.25) is 0 Å². The van der Waals surface area contributed by atoms with E-state index >= 15 is 0 Å². The van der Waals surface area contributed by atoms with Crippen molar-refractivity contribution >= 4 is 6.03 Å². The van der Waals surface area contributed by atoms with E-state index in [-0.39, 0.29) is 12.1 Å². The molecular formula is C21H29N5O. The first-order chi connectivity index (χ1) is 13.2. The van der Waals surface area contributed by atoms with Crippen molar-refractivity contribution in [1.82, 2.24) is 24.8 Å². The number of aromatic nitrogens is 3. The molecule has 2 fully saturated rings. The van der Waals surface area contributed by atoms with Crippen LogP contribution in [0.4, 0.5) is 4.79 Å². The zero-order valence-electron chi connectivity index (χ0n) is 16.1. The zero-order chi connectivity index (χ0) is 18.6. The second-order valence-corrected chi connectivity index (χ2v) is 7.86. The van der Waals surface area contributed by atoms with Crippen LogP contribution >= 0.6 is 0 Å². The van der Waals surface area contributed by atoms with Gasteiger partial charge in [-0.1, -0.05) is 19.3 Å². The molecule has 2 amide bonds. The standard InChI is InChI=1S/C21H29N5O/c1-16-13-23-20(17-7-5-11-22-14-17)26(16)19-10-6-12-25(15-19)21(27)24-18-8-3-2-4-9-18/h5,7,11,13-14,18-19H,2-4,6,8-10,12,15H2,1H3,(H,24,27). The molecule has 4 rings (SSSR count). The summed E-state index contributed by atoms with van der Waals surface area (Å²) in [6, 6.07) is 4.70. The summed E-state index contributed by atoms with van der Waals surface area (Å²) < 4.78 is 2.29. The van der Waals surface area contributed by atoms with E-state index in [1.165, 1.54) is 19.3 Å². The van der Waals surface area contributed by atoms with Crippen LogP contribution in [0.1, 0.15) is 56.7 Å². The molecule has 1 unspecified atom stereocenters. The van der Waals surface area contributed by atoms with Gasteiger partial charge >= 0.3 is 6.03 Å². The lowest BCUT2D eigenvalue weighted by Gasteiger charge is -2.36. The van der Waals surface area contributed by atoms with E-state index in [0.717, 1.165) is 55.9 Å². The molecule has 2 aromatic rings. The molecule has 6 heteroatoms. The van der Waals surface area contributed by atoms with Gasteiger partial charge in [0, 0.05) is 49.0 Å². The summed E-state index contributed by atoms with van der Waals surface area (Å²) in [5.74, 6) is 0.945. The van der Waals surface area contributed by atoms with Gasteiger partial charge in [-0.15, -0.1) is 0 Å². The second-order valence-electron chi connectivity index (χ2n) is 7.86. The summed E-state index contributed by atoms with van der Waals surface area (Å²) in [5, 5.41) is 3.27. The number of hydrogen-bond acceptors (Lipinski definition) is 3. The minimum Gasteiger partial charge on any atom is -0.335 e. The minimum absolute atomic E-state index is 0.104. The van der Waals surface area contributed by atoms with Gasteiger partial charge in [0.05, 0.1) is 6.04 Å². The van der Waals surface area contributed by atoms with Crippen molar-refractivity contribution in [2.45, 2.75) is 64.0 Å². The van der Waals surface area contributed by atoms with Crippen molar-refractivity contribution in [2.75, 3.05) is 13.1 Å². The molecule has 1 atom stereocenters. The maximum absolute atomic E-state index is 12.8. The van der Waals surface area contributed by atoms with Crippen LogP contribution < -0.4 is 5.32 Å². The van der Waals surface area contributed by atoms with Gasteiger partial charge in [0.15, 0.2) is 0 Å². The van der Waals surface area contributed by atoms with Crippen LogP contribution in [-0.2, 0) is 0 Å². The number of pyridine rings is 1. The molecule has 1 aliphatic heterocycles. The van der Waals surface area contributed by atoms with E-state index in [9.17, 15) is 4.79 Å². The predicted molar refractivity (Wildman–Crippen MR) is 105 cm³/mol. The average molecular weight is 367 g/mol. The molecule has 144 valence electrons. The number of nitrogens with zero attached hydrogens (tertiary/aromatic N) is 4.